The number of anilines is 3. The maximum atomic E-state index is 13.1. The number of carbonyl (C=O) groups is 1. The van der Waals surface area contributed by atoms with Crippen LogP contribution in [0.25, 0.3) is 11.0 Å². The second-order valence-corrected chi connectivity index (χ2v) is 8.94. The third kappa shape index (κ3) is 4.22. The first kappa shape index (κ1) is 22.3. The number of H-pyrrole nitrogens is 1. The minimum Gasteiger partial charge on any atom is -0.491 e. The van der Waals surface area contributed by atoms with Crippen LogP contribution in [0, 0.1) is 11.3 Å². The number of morpholine rings is 1. The highest BCUT2D eigenvalue weighted by molar-refractivity contribution is 7.98. The Kier molecular flexibility index (Phi) is 6.42. The molecule has 11 heteroatoms. The third-order valence-corrected chi connectivity index (χ3v) is 6.50. The Labute approximate surface area is 201 Å². The van der Waals surface area contributed by atoms with Crippen molar-refractivity contribution in [3.05, 3.63) is 35.0 Å². The Morgan fingerprint density at radius 3 is 2.94 bits per heavy atom. The zero-order valence-corrected chi connectivity index (χ0v) is 19.6. The van der Waals surface area contributed by atoms with E-state index in [4.69, 9.17) is 9.47 Å². The molecule has 1 amide bonds. The summed E-state index contributed by atoms with van der Waals surface area (Å²) in [6.45, 7) is 3.53. The molecule has 0 spiro atoms. The average molecular weight is 480 g/mol. The number of aromatic amines is 1. The Bertz CT molecular complexity index is 1260. The van der Waals surface area contributed by atoms with Crippen molar-refractivity contribution in [1.82, 2.24) is 19.9 Å². The van der Waals surface area contributed by atoms with Crippen molar-refractivity contribution in [2.24, 2.45) is 0 Å². The summed E-state index contributed by atoms with van der Waals surface area (Å²) in [6.07, 6.45) is 4.34. The smallest absolute Gasteiger partial charge is 0.254 e. The lowest BCUT2D eigenvalue weighted by atomic mass is 10.0. The van der Waals surface area contributed by atoms with Crippen molar-refractivity contribution in [1.29, 1.82) is 5.26 Å². The van der Waals surface area contributed by atoms with Crippen LogP contribution in [0.5, 0.6) is 5.75 Å². The Morgan fingerprint density at radius 2 is 2.15 bits per heavy atom. The van der Waals surface area contributed by atoms with Crippen molar-refractivity contribution in [2.75, 3.05) is 62.1 Å². The summed E-state index contributed by atoms with van der Waals surface area (Å²) in [7, 11) is 0. The number of hydrogen-bond acceptors (Lipinski definition) is 9. The van der Waals surface area contributed by atoms with Crippen molar-refractivity contribution in [3.63, 3.8) is 0 Å². The highest BCUT2D eigenvalue weighted by atomic mass is 32.2. The first-order valence-corrected chi connectivity index (χ1v) is 12.5. The standard InChI is InChI=1S/C23H25N7O3S/c1-34-11-5-25-20-18-14(12-24)13-26-21(18)29-23(28-20)27-17-3-2-16(15-4-8-33-19(15)17)22(31)30-6-9-32-10-7-30/h2-3,13H,4-11H2,1H3,(H3,25,26,27,28,29). The summed E-state index contributed by atoms with van der Waals surface area (Å²) >= 11 is 1.72. The minimum atomic E-state index is 0.00460. The van der Waals surface area contributed by atoms with E-state index in [-0.39, 0.29) is 5.91 Å². The van der Waals surface area contributed by atoms with Gasteiger partial charge in [0.1, 0.15) is 23.3 Å². The molecule has 3 aromatic rings. The molecule has 34 heavy (non-hydrogen) atoms. The fourth-order valence-electron chi connectivity index (χ4n) is 4.23. The van der Waals surface area contributed by atoms with E-state index in [1.165, 1.54) is 0 Å². The van der Waals surface area contributed by atoms with E-state index in [0.29, 0.717) is 91.2 Å². The normalized spacial score (nSPS) is 15.0. The average Bonchev–Trinajstić information content (AvgIpc) is 3.52. The number of nitrogens with zero attached hydrogens (tertiary/aromatic N) is 4. The number of nitriles is 1. The van der Waals surface area contributed by atoms with Gasteiger partial charge in [-0.1, -0.05) is 0 Å². The predicted octanol–water partition coefficient (Wildman–Crippen LogP) is 2.76. The van der Waals surface area contributed by atoms with Gasteiger partial charge in [-0.15, -0.1) is 0 Å². The Morgan fingerprint density at radius 1 is 1.29 bits per heavy atom. The zero-order valence-electron chi connectivity index (χ0n) is 18.8. The van der Waals surface area contributed by atoms with E-state index in [0.717, 1.165) is 11.3 Å². The summed E-state index contributed by atoms with van der Waals surface area (Å²) < 4.78 is 11.3. The first-order valence-electron chi connectivity index (χ1n) is 11.1. The summed E-state index contributed by atoms with van der Waals surface area (Å²) in [4.78, 5) is 27.2. The summed E-state index contributed by atoms with van der Waals surface area (Å²) in [5, 5.41) is 16.7. The molecule has 10 nitrogen and oxygen atoms in total. The summed E-state index contributed by atoms with van der Waals surface area (Å²) in [5.74, 6) is 2.53. The van der Waals surface area contributed by atoms with E-state index in [1.54, 1.807) is 18.0 Å². The molecule has 2 aliphatic rings. The molecule has 2 aliphatic heterocycles. The molecular formula is C23H25N7O3S. The van der Waals surface area contributed by atoms with Gasteiger partial charge in [0, 0.05) is 49.1 Å². The Hall–Kier alpha value is -3.49. The van der Waals surface area contributed by atoms with Gasteiger partial charge in [0.15, 0.2) is 0 Å². The molecule has 0 radical (unpaired) electrons. The molecule has 0 atom stereocenters. The first-order chi connectivity index (χ1) is 16.7. The largest absolute Gasteiger partial charge is 0.491 e. The molecule has 3 N–H and O–H groups in total. The third-order valence-electron chi connectivity index (χ3n) is 5.88. The van der Waals surface area contributed by atoms with Gasteiger partial charge in [-0.3, -0.25) is 4.79 Å². The number of nitrogens with one attached hydrogen (secondary N) is 3. The summed E-state index contributed by atoms with van der Waals surface area (Å²) in [6, 6.07) is 5.86. The molecule has 5 rings (SSSR count). The second-order valence-electron chi connectivity index (χ2n) is 7.95. The quantitative estimate of drug-likeness (QED) is 0.438. The number of carbonyl (C=O) groups excluding carboxylic acids is 1. The van der Waals surface area contributed by atoms with Gasteiger partial charge in [0.25, 0.3) is 5.91 Å². The van der Waals surface area contributed by atoms with E-state index >= 15 is 0 Å². The van der Waals surface area contributed by atoms with Crippen molar-refractivity contribution in [3.8, 4) is 11.8 Å². The van der Waals surface area contributed by atoms with Gasteiger partial charge in [-0.25, -0.2) is 0 Å². The number of thioether (sulfide) groups is 1. The molecule has 176 valence electrons. The molecule has 0 saturated carbocycles. The maximum Gasteiger partial charge on any atom is 0.254 e. The van der Waals surface area contributed by atoms with Gasteiger partial charge in [0.2, 0.25) is 5.95 Å². The van der Waals surface area contributed by atoms with Crippen LogP contribution in [-0.4, -0.2) is 77.2 Å². The van der Waals surface area contributed by atoms with Crippen LogP contribution in [0.3, 0.4) is 0 Å². The number of aromatic nitrogens is 3. The molecule has 4 heterocycles. The van der Waals surface area contributed by atoms with E-state index in [9.17, 15) is 10.1 Å². The molecule has 0 unspecified atom stereocenters. The van der Waals surface area contributed by atoms with Crippen LogP contribution < -0.4 is 15.4 Å². The van der Waals surface area contributed by atoms with Gasteiger partial charge in [-0.05, 0) is 18.4 Å². The molecule has 1 fully saturated rings. The van der Waals surface area contributed by atoms with E-state index in [2.05, 4.69) is 31.7 Å². The van der Waals surface area contributed by atoms with Gasteiger partial charge < -0.3 is 30.0 Å². The molecular weight excluding hydrogens is 454 g/mol. The number of hydrogen-bond donors (Lipinski definition) is 3. The number of ether oxygens (including phenoxy) is 2. The lowest BCUT2D eigenvalue weighted by Crippen LogP contribution is -2.41. The number of amides is 1. The molecule has 0 aliphatic carbocycles. The van der Waals surface area contributed by atoms with Crippen LogP contribution in [0.4, 0.5) is 17.5 Å². The van der Waals surface area contributed by atoms with E-state index < -0.39 is 0 Å². The number of benzene rings is 1. The van der Waals surface area contributed by atoms with E-state index in [1.807, 2.05) is 23.3 Å². The second kappa shape index (κ2) is 9.79. The van der Waals surface area contributed by atoms with Crippen molar-refractivity contribution >= 4 is 46.2 Å². The fraction of sp³-hybridized carbons (Fsp3) is 0.391. The lowest BCUT2D eigenvalue weighted by Gasteiger charge is -2.27. The van der Waals surface area contributed by atoms with Crippen LogP contribution in [0.15, 0.2) is 18.3 Å². The topological polar surface area (TPSA) is 128 Å². The highest BCUT2D eigenvalue weighted by Gasteiger charge is 2.27. The Balaban J connectivity index is 1.46. The lowest BCUT2D eigenvalue weighted by molar-refractivity contribution is 0.0302. The predicted molar refractivity (Wildman–Crippen MR) is 131 cm³/mol. The fourth-order valence-corrected chi connectivity index (χ4v) is 4.53. The van der Waals surface area contributed by atoms with Crippen LogP contribution in [0.2, 0.25) is 0 Å². The zero-order chi connectivity index (χ0) is 23.5. The minimum absolute atomic E-state index is 0.00460. The van der Waals surface area contributed by atoms with Gasteiger partial charge in [-0.2, -0.15) is 27.0 Å². The molecule has 0 bridgehead atoms. The molecule has 2 aromatic heterocycles. The van der Waals surface area contributed by atoms with Crippen molar-refractivity contribution < 1.29 is 14.3 Å². The van der Waals surface area contributed by atoms with Crippen LogP contribution in [-0.2, 0) is 11.2 Å². The number of fused-ring (bicyclic) bond motifs is 2. The SMILES string of the molecule is CSCCNc1nc(Nc2ccc(C(=O)N3CCOCC3)c3c2OCC3)nc2[nH]cc(C#N)c12. The molecule has 1 aromatic carbocycles. The van der Waals surface area contributed by atoms with Gasteiger partial charge in [0.05, 0.1) is 36.5 Å². The highest BCUT2D eigenvalue weighted by Crippen LogP contribution is 2.38. The maximum absolute atomic E-state index is 13.1. The van der Waals surface area contributed by atoms with Crippen LogP contribution in [0.1, 0.15) is 21.5 Å². The summed E-state index contributed by atoms with van der Waals surface area (Å²) in [5.41, 5.74) is 3.32. The monoisotopic (exact) mass is 479 g/mol. The molecule has 1 saturated heterocycles. The van der Waals surface area contributed by atoms with Gasteiger partial charge >= 0.3 is 0 Å². The number of rotatable bonds is 7. The van der Waals surface area contributed by atoms with Crippen molar-refractivity contribution in [2.45, 2.75) is 6.42 Å². The van der Waals surface area contributed by atoms with Crippen LogP contribution >= 0.6 is 11.8 Å².